The van der Waals surface area contributed by atoms with Crippen molar-refractivity contribution in [2.75, 3.05) is 18.1 Å². The molecule has 35 heavy (non-hydrogen) atoms. The third-order valence-corrected chi connectivity index (χ3v) is 6.25. The molecule has 0 spiro atoms. The molecule has 6 N–H and O–H groups in total. The van der Waals surface area contributed by atoms with E-state index in [0.717, 1.165) is 0 Å². The summed E-state index contributed by atoms with van der Waals surface area (Å²) in [4.78, 5) is 12.8. The Kier molecular flexibility index (Phi) is 4.92. The number of hydrogen-bond acceptors (Lipinski definition) is 9. The van der Waals surface area contributed by atoms with Crippen LogP contribution in [0.25, 0.3) is 44.7 Å². The Morgan fingerprint density at radius 2 is 1.97 bits per heavy atom. The molecule has 10 nitrogen and oxygen atoms in total. The van der Waals surface area contributed by atoms with Crippen LogP contribution in [0.2, 0.25) is 0 Å². The lowest BCUT2D eigenvalue weighted by atomic mass is 10.0. The highest BCUT2D eigenvalue weighted by atomic mass is 19.1. The first-order chi connectivity index (χ1) is 16.9. The van der Waals surface area contributed by atoms with Gasteiger partial charge in [0.05, 0.1) is 18.1 Å². The number of anilines is 2. The monoisotopic (exact) mass is 476 g/mol. The fraction of sp³-hybridized carbons (Fsp3) is 0.208. The van der Waals surface area contributed by atoms with E-state index in [4.69, 9.17) is 20.6 Å². The number of rotatable bonds is 4. The first-order valence-corrected chi connectivity index (χ1v) is 10.9. The lowest BCUT2D eigenvalue weighted by molar-refractivity contribution is -0.0430. The lowest BCUT2D eigenvalue weighted by Gasteiger charge is -2.14. The van der Waals surface area contributed by atoms with Crippen LogP contribution in [0.1, 0.15) is 12.6 Å². The second-order valence-electron chi connectivity index (χ2n) is 8.46. The molecule has 4 heterocycles. The smallest absolute Gasteiger partial charge is 0.227 e. The topological polar surface area (TPSA) is 158 Å². The van der Waals surface area contributed by atoms with Crippen LogP contribution >= 0.6 is 0 Å². The van der Waals surface area contributed by atoms with Gasteiger partial charge < -0.3 is 35.4 Å². The highest BCUT2D eigenvalue weighted by Gasteiger charge is 2.36. The molecular formula is C24H21FN6O4. The zero-order valence-electron chi connectivity index (χ0n) is 18.3. The minimum atomic E-state index is -0.840. The SMILES string of the molecule is Nc1ccc2oc(-c3ccc(-c4cn([C@H]5C[C@H](O)[C@@H](CO)O5)c5ncnc(N)c45)c(F)c3)nc2c1. The quantitative estimate of drug-likeness (QED) is 0.286. The Morgan fingerprint density at radius 3 is 2.74 bits per heavy atom. The van der Waals surface area contributed by atoms with E-state index < -0.39 is 24.3 Å². The van der Waals surface area contributed by atoms with Crippen LogP contribution in [0.3, 0.4) is 0 Å². The van der Waals surface area contributed by atoms with E-state index in [0.29, 0.717) is 38.9 Å². The molecule has 178 valence electrons. The fourth-order valence-electron chi connectivity index (χ4n) is 4.52. The highest BCUT2D eigenvalue weighted by Crippen LogP contribution is 2.39. The molecule has 6 rings (SSSR count). The van der Waals surface area contributed by atoms with E-state index in [2.05, 4.69) is 15.0 Å². The maximum Gasteiger partial charge on any atom is 0.227 e. The predicted octanol–water partition coefficient (Wildman–Crippen LogP) is 2.85. The van der Waals surface area contributed by atoms with Crippen LogP contribution in [-0.2, 0) is 4.74 Å². The molecule has 1 aliphatic heterocycles. The van der Waals surface area contributed by atoms with Gasteiger partial charge in [-0.25, -0.2) is 19.3 Å². The minimum Gasteiger partial charge on any atom is -0.436 e. The summed E-state index contributed by atoms with van der Waals surface area (Å²) >= 11 is 0. The number of aliphatic hydroxyl groups is 2. The van der Waals surface area contributed by atoms with Gasteiger partial charge in [-0.2, -0.15) is 0 Å². The van der Waals surface area contributed by atoms with Crippen molar-refractivity contribution in [1.29, 1.82) is 0 Å². The van der Waals surface area contributed by atoms with Gasteiger partial charge in [0, 0.05) is 35.0 Å². The largest absolute Gasteiger partial charge is 0.436 e. The standard InChI is InChI=1S/C24H21FN6O4/c25-15-5-11(24-30-16-6-12(26)2-4-18(16)35-24)1-3-13(15)14-8-31(20-7-17(33)19(9-32)34-20)23-21(14)22(27)28-10-29-23/h1-6,8,10,17,19-20,32-33H,7,9,26H2,(H2,27,28,29)/t17-,19+,20+/m0/s1. The minimum absolute atomic E-state index is 0.181. The molecule has 2 aromatic carbocycles. The molecule has 0 bridgehead atoms. The zero-order valence-corrected chi connectivity index (χ0v) is 18.3. The van der Waals surface area contributed by atoms with Crippen molar-refractivity contribution >= 4 is 33.6 Å². The van der Waals surface area contributed by atoms with E-state index >= 15 is 4.39 Å². The maximum atomic E-state index is 15.5. The number of oxazole rings is 1. The number of nitrogens with zero attached hydrogens (tertiary/aromatic N) is 4. The molecule has 1 fully saturated rings. The molecule has 1 aliphatic rings. The Bertz CT molecular complexity index is 1580. The van der Waals surface area contributed by atoms with Crippen molar-refractivity contribution < 1.29 is 23.8 Å². The number of nitrogen functional groups attached to an aromatic ring is 2. The molecule has 0 unspecified atom stereocenters. The van der Waals surface area contributed by atoms with Gasteiger partial charge in [0.2, 0.25) is 5.89 Å². The summed E-state index contributed by atoms with van der Waals surface area (Å²) in [5.41, 5.74) is 15.3. The molecule has 5 aromatic rings. The van der Waals surface area contributed by atoms with Crippen LogP contribution < -0.4 is 11.5 Å². The third kappa shape index (κ3) is 3.48. The van der Waals surface area contributed by atoms with Gasteiger partial charge in [-0.1, -0.05) is 6.07 Å². The number of aliphatic hydroxyl groups excluding tert-OH is 2. The number of hydrogen-bond donors (Lipinski definition) is 4. The summed E-state index contributed by atoms with van der Waals surface area (Å²) in [6.45, 7) is -0.320. The van der Waals surface area contributed by atoms with Gasteiger partial charge in [-0.3, -0.25) is 0 Å². The maximum absolute atomic E-state index is 15.5. The van der Waals surface area contributed by atoms with Gasteiger partial charge >= 0.3 is 0 Å². The summed E-state index contributed by atoms with van der Waals surface area (Å²) in [7, 11) is 0. The van der Waals surface area contributed by atoms with E-state index in [-0.39, 0.29) is 30.3 Å². The molecule has 0 aliphatic carbocycles. The normalized spacial score (nSPS) is 20.3. The molecule has 0 amide bonds. The highest BCUT2D eigenvalue weighted by molar-refractivity contribution is 6.01. The molecule has 0 radical (unpaired) electrons. The molecule has 3 atom stereocenters. The molecule has 3 aromatic heterocycles. The molecule has 0 saturated carbocycles. The van der Waals surface area contributed by atoms with Gasteiger partial charge in [0.25, 0.3) is 0 Å². The summed E-state index contributed by atoms with van der Waals surface area (Å²) in [5.74, 6) is -0.0714. The fourth-order valence-corrected chi connectivity index (χ4v) is 4.52. The summed E-state index contributed by atoms with van der Waals surface area (Å²) in [5, 5.41) is 20.1. The molecule has 1 saturated heterocycles. The van der Waals surface area contributed by atoms with Crippen LogP contribution in [0.5, 0.6) is 0 Å². The number of fused-ring (bicyclic) bond motifs is 2. The number of halogens is 1. The van der Waals surface area contributed by atoms with Crippen LogP contribution in [0.4, 0.5) is 15.9 Å². The Morgan fingerprint density at radius 1 is 1.11 bits per heavy atom. The van der Waals surface area contributed by atoms with Gasteiger partial charge in [0.1, 0.15) is 41.5 Å². The second kappa shape index (κ2) is 8.01. The first kappa shape index (κ1) is 21.5. The third-order valence-electron chi connectivity index (χ3n) is 6.25. The molecule has 11 heteroatoms. The number of aromatic nitrogens is 4. The summed E-state index contributed by atoms with van der Waals surface area (Å²) in [6, 6.07) is 9.76. The van der Waals surface area contributed by atoms with Crippen LogP contribution in [0, 0.1) is 5.82 Å². The molecular weight excluding hydrogens is 455 g/mol. The predicted molar refractivity (Wildman–Crippen MR) is 126 cm³/mol. The first-order valence-electron chi connectivity index (χ1n) is 10.9. The van der Waals surface area contributed by atoms with Crippen molar-refractivity contribution in [3.63, 3.8) is 0 Å². The summed E-state index contributed by atoms with van der Waals surface area (Å²) < 4.78 is 28.7. The van der Waals surface area contributed by atoms with E-state index in [9.17, 15) is 10.2 Å². The van der Waals surface area contributed by atoms with Crippen molar-refractivity contribution in [3.05, 3.63) is 54.7 Å². The average Bonchev–Trinajstić information content (AvgIpc) is 3.54. The van der Waals surface area contributed by atoms with Crippen LogP contribution in [-0.4, -0.2) is 48.5 Å². The summed E-state index contributed by atoms with van der Waals surface area (Å²) in [6.07, 6.45) is 1.05. The van der Waals surface area contributed by atoms with Gasteiger partial charge in [-0.05, 0) is 30.3 Å². The Balaban J connectivity index is 1.44. The Hall–Kier alpha value is -4.06. The average molecular weight is 476 g/mol. The van der Waals surface area contributed by atoms with E-state index in [1.165, 1.54) is 12.4 Å². The van der Waals surface area contributed by atoms with Gasteiger partial charge in [-0.15, -0.1) is 0 Å². The van der Waals surface area contributed by atoms with Gasteiger partial charge in [0.15, 0.2) is 5.58 Å². The van der Waals surface area contributed by atoms with Crippen molar-refractivity contribution in [1.82, 2.24) is 19.5 Å². The second-order valence-corrected chi connectivity index (χ2v) is 8.46. The van der Waals surface area contributed by atoms with Crippen molar-refractivity contribution in [2.45, 2.75) is 24.9 Å². The number of nitrogens with two attached hydrogens (primary N) is 2. The Labute approximate surface area is 197 Å². The van der Waals surface area contributed by atoms with Crippen LogP contribution in [0.15, 0.2) is 53.3 Å². The lowest BCUT2D eigenvalue weighted by Crippen LogP contribution is -2.24. The van der Waals surface area contributed by atoms with E-state index in [1.54, 1.807) is 41.1 Å². The number of benzene rings is 2. The number of ether oxygens (including phenoxy) is 1. The van der Waals surface area contributed by atoms with Crippen molar-refractivity contribution in [2.24, 2.45) is 0 Å². The van der Waals surface area contributed by atoms with E-state index in [1.807, 2.05) is 0 Å². The zero-order chi connectivity index (χ0) is 24.3. The van der Waals surface area contributed by atoms with Crippen molar-refractivity contribution in [3.8, 4) is 22.6 Å².